The summed E-state index contributed by atoms with van der Waals surface area (Å²) in [5.41, 5.74) is 2.06. The number of carbonyl (C=O) groups excluding carboxylic acids is 1. The molecule has 0 bridgehead atoms. The molecular formula is C16H15NOS2. The van der Waals surface area contributed by atoms with Crippen LogP contribution in [0.15, 0.2) is 46.5 Å². The van der Waals surface area contributed by atoms with Gasteiger partial charge in [-0.05, 0) is 47.2 Å². The van der Waals surface area contributed by atoms with Gasteiger partial charge in [-0.25, -0.2) is 0 Å². The minimum absolute atomic E-state index is 0.0123. The molecule has 1 atom stereocenters. The van der Waals surface area contributed by atoms with Gasteiger partial charge in [-0.3, -0.25) is 4.79 Å². The molecular weight excluding hydrogens is 286 g/mol. The number of hydrogen-bond donors (Lipinski definition) is 1. The van der Waals surface area contributed by atoms with Crippen molar-refractivity contribution in [2.24, 2.45) is 0 Å². The number of hydrogen-bond acceptors (Lipinski definition) is 3. The zero-order chi connectivity index (χ0) is 13.9. The quantitative estimate of drug-likeness (QED) is 0.764. The molecule has 0 aliphatic heterocycles. The Morgan fingerprint density at radius 2 is 2.10 bits per heavy atom. The summed E-state index contributed by atoms with van der Waals surface area (Å²) in [7, 11) is 0. The Morgan fingerprint density at radius 1 is 1.25 bits per heavy atom. The van der Waals surface area contributed by atoms with Crippen LogP contribution >= 0.6 is 22.7 Å². The van der Waals surface area contributed by atoms with E-state index in [0.717, 1.165) is 12.0 Å². The highest BCUT2D eigenvalue weighted by molar-refractivity contribution is 7.17. The van der Waals surface area contributed by atoms with Crippen LogP contribution < -0.4 is 5.32 Å². The van der Waals surface area contributed by atoms with Gasteiger partial charge in [-0.1, -0.05) is 18.2 Å². The first-order chi connectivity index (χ1) is 9.74. The van der Waals surface area contributed by atoms with Gasteiger partial charge in [-0.15, -0.1) is 11.3 Å². The van der Waals surface area contributed by atoms with Crippen molar-refractivity contribution >= 4 is 38.7 Å². The summed E-state index contributed by atoms with van der Waals surface area (Å²) in [5.74, 6) is 0.0123. The van der Waals surface area contributed by atoms with Crippen molar-refractivity contribution in [1.29, 1.82) is 0 Å². The lowest BCUT2D eigenvalue weighted by Gasteiger charge is -2.13. The molecule has 2 nitrogen and oxygen atoms in total. The van der Waals surface area contributed by atoms with Crippen molar-refractivity contribution in [3.63, 3.8) is 0 Å². The van der Waals surface area contributed by atoms with Crippen LogP contribution in [0.4, 0.5) is 0 Å². The number of rotatable bonds is 4. The van der Waals surface area contributed by atoms with E-state index in [1.165, 1.54) is 15.6 Å². The van der Waals surface area contributed by atoms with Gasteiger partial charge in [0.2, 0.25) is 0 Å². The molecule has 3 aromatic rings. The molecule has 102 valence electrons. The zero-order valence-electron chi connectivity index (χ0n) is 11.1. The van der Waals surface area contributed by atoms with Crippen LogP contribution in [0.1, 0.15) is 22.8 Å². The summed E-state index contributed by atoms with van der Waals surface area (Å²) < 4.78 is 1.30. The van der Waals surface area contributed by atoms with Gasteiger partial charge in [0.05, 0.1) is 0 Å². The highest BCUT2D eigenvalue weighted by Crippen LogP contribution is 2.26. The second kappa shape index (κ2) is 5.77. The predicted octanol–water partition coefficient (Wildman–Crippen LogP) is 4.32. The standard InChI is InChI=1S/C16H15NOS2/c1-11(17-16(18)12-6-7-19-9-12)8-13-10-20-15-5-3-2-4-14(13)15/h2-7,9-11H,8H2,1H3,(H,17,18). The fraction of sp³-hybridized carbons (Fsp3) is 0.188. The number of nitrogens with one attached hydrogen (secondary N) is 1. The summed E-state index contributed by atoms with van der Waals surface area (Å²) in [6.45, 7) is 2.05. The highest BCUT2D eigenvalue weighted by atomic mass is 32.1. The van der Waals surface area contributed by atoms with Crippen molar-refractivity contribution in [1.82, 2.24) is 5.32 Å². The van der Waals surface area contributed by atoms with E-state index in [4.69, 9.17) is 0 Å². The van der Waals surface area contributed by atoms with E-state index in [0.29, 0.717) is 0 Å². The molecule has 0 radical (unpaired) electrons. The van der Waals surface area contributed by atoms with Gasteiger partial charge >= 0.3 is 0 Å². The number of benzene rings is 1. The molecule has 0 spiro atoms. The van der Waals surface area contributed by atoms with Crippen LogP contribution in [-0.2, 0) is 6.42 Å². The SMILES string of the molecule is CC(Cc1csc2ccccc12)NC(=O)c1ccsc1. The van der Waals surface area contributed by atoms with Crippen LogP contribution in [0.5, 0.6) is 0 Å². The first-order valence-electron chi connectivity index (χ1n) is 6.52. The Morgan fingerprint density at radius 3 is 2.90 bits per heavy atom. The molecule has 1 unspecified atom stereocenters. The molecule has 0 aliphatic rings. The van der Waals surface area contributed by atoms with Crippen molar-refractivity contribution in [2.45, 2.75) is 19.4 Å². The van der Waals surface area contributed by atoms with Crippen LogP contribution in [0.3, 0.4) is 0 Å². The molecule has 4 heteroatoms. The van der Waals surface area contributed by atoms with E-state index in [1.54, 1.807) is 22.7 Å². The second-order valence-electron chi connectivity index (χ2n) is 4.85. The number of amides is 1. The molecule has 1 amide bonds. The van der Waals surface area contributed by atoms with Crippen molar-refractivity contribution in [2.75, 3.05) is 0 Å². The minimum atomic E-state index is 0.0123. The maximum Gasteiger partial charge on any atom is 0.252 e. The summed E-state index contributed by atoms with van der Waals surface area (Å²) >= 11 is 3.30. The van der Waals surface area contributed by atoms with Crippen LogP contribution in [-0.4, -0.2) is 11.9 Å². The molecule has 0 saturated carbocycles. The van der Waals surface area contributed by atoms with Crippen molar-refractivity contribution in [3.05, 3.63) is 57.6 Å². The molecule has 0 saturated heterocycles. The minimum Gasteiger partial charge on any atom is -0.349 e. The van der Waals surface area contributed by atoms with Gasteiger partial charge in [0.15, 0.2) is 0 Å². The number of fused-ring (bicyclic) bond motifs is 1. The largest absolute Gasteiger partial charge is 0.349 e. The third-order valence-electron chi connectivity index (χ3n) is 3.25. The average molecular weight is 301 g/mol. The Hall–Kier alpha value is -1.65. The van der Waals surface area contributed by atoms with Crippen LogP contribution in [0.25, 0.3) is 10.1 Å². The van der Waals surface area contributed by atoms with E-state index in [9.17, 15) is 4.79 Å². The smallest absolute Gasteiger partial charge is 0.252 e. The molecule has 2 heterocycles. The maximum atomic E-state index is 12.0. The maximum absolute atomic E-state index is 12.0. The Kier molecular flexibility index (Phi) is 3.85. The van der Waals surface area contributed by atoms with Gasteiger partial charge in [0, 0.05) is 21.7 Å². The van der Waals surface area contributed by atoms with Crippen LogP contribution in [0.2, 0.25) is 0 Å². The third kappa shape index (κ3) is 2.76. The van der Waals surface area contributed by atoms with E-state index in [-0.39, 0.29) is 11.9 Å². The van der Waals surface area contributed by atoms with Gasteiger partial charge < -0.3 is 5.32 Å². The van der Waals surface area contributed by atoms with E-state index < -0.39 is 0 Å². The lowest BCUT2D eigenvalue weighted by Crippen LogP contribution is -2.33. The second-order valence-corrected chi connectivity index (χ2v) is 6.54. The molecule has 20 heavy (non-hydrogen) atoms. The zero-order valence-corrected chi connectivity index (χ0v) is 12.8. The summed E-state index contributed by atoms with van der Waals surface area (Å²) in [6, 6.07) is 10.4. The summed E-state index contributed by atoms with van der Waals surface area (Å²) in [6.07, 6.45) is 0.861. The molecule has 0 aliphatic carbocycles. The van der Waals surface area contributed by atoms with E-state index in [1.807, 2.05) is 16.8 Å². The Labute approximate surface area is 126 Å². The average Bonchev–Trinajstić information content (AvgIpc) is 3.09. The van der Waals surface area contributed by atoms with E-state index in [2.05, 4.69) is 41.9 Å². The number of thiophene rings is 2. The lowest BCUT2D eigenvalue weighted by atomic mass is 10.1. The molecule has 0 fully saturated rings. The van der Waals surface area contributed by atoms with Crippen molar-refractivity contribution < 1.29 is 4.79 Å². The normalized spacial score (nSPS) is 12.4. The molecule has 1 aromatic carbocycles. The van der Waals surface area contributed by atoms with Crippen LogP contribution in [0, 0.1) is 0 Å². The van der Waals surface area contributed by atoms with E-state index >= 15 is 0 Å². The first kappa shape index (κ1) is 13.3. The highest BCUT2D eigenvalue weighted by Gasteiger charge is 2.12. The lowest BCUT2D eigenvalue weighted by molar-refractivity contribution is 0.0940. The monoisotopic (exact) mass is 301 g/mol. The Bertz CT molecular complexity index is 715. The number of carbonyl (C=O) groups is 1. The van der Waals surface area contributed by atoms with Gasteiger partial charge in [0.1, 0.15) is 0 Å². The van der Waals surface area contributed by atoms with Gasteiger partial charge in [0.25, 0.3) is 5.91 Å². The summed E-state index contributed by atoms with van der Waals surface area (Å²) in [5, 5.41) is 10.3. The fourth-order valence-corrected chi connectivity index (χ4v) is 3.88. The topological polar surface area (TPSA) is 29.1 Å². The summed E-state index contributed by atoms with van der Waals surface area (Å²) in [4.78, 5) is 12.0. The Balaban J connectivity index is 1.70. The fourth-order valence-electron chi connectivity index (χ4n) is 2.27. The van der Waals surface area contributed by atoms with Crippen molar-refractivity contribution in [3.8, 4) is 0 Å². The predicted molar refractivity (Wildman–Crippen MR) is 86.8 cm³/mol. The molecule has 3 rings (SSSR count). The van der Waals surface area contributed by atoms with Gasteiger partial charge in [-0.2, -0.15) is 11.3 Å². The molecule has 1 N–H and O–H groups in total. The first-order valence-corrected chi connectivity index (χ1v) is 8.34. The third-order valence-corrected chi connectivity index (χ3v) is 4.94. The molecule has 2 aromatic heterocycles.